The number of nitrogens with one attached hydrogen (secondary N) is 2. The van der Waals surface area contributed by atoms with Crippen LogP contribution in [0.5, 0.6) is 0 Å². The monoisotopic (exact) mass is 426 g/mol. The summed E-state index contributed by atoms with van der Waals surface area (Å²) in [4.78, 5) is 4.22. The van der Waals surface area contributed by atoms with Crippen LogP contribution in [0.15, 0.2) is 23.3 Å². The van der Waals surface area contributed by atoms with Crippen molar-refractivity contribution in [3.05, 3.63) is 29.7 Å². The third-order valence-electron chi connectivity index (χ3n) is 3.11. The van der Waals surface area contributed by atoms with Gasteiger partial charge in [0.2, 0.25) is 0 Å². The van der Waals surface area contributed by atoms with Crippen molar-refractivity contribution in [3.8, 4) is 0 Å². The molecule has 2 aromatic heterocycles. The fraction of sp³-hybridized carbons (Fsp3) is 0.417. The SMILES string of the molecule is FC(F)(F)c1ccc2nnc(CNC3=NCCCN3)n2c1.I. The zero-order valence-electron chi connectivity index (χ0n) is 11.4. The molecule has 0 bridgehead atoms. The first kappa shape index (κ1) is 16.8. The van der Waals surface area contributed by atoms with Crippen molar-refractivity contribution in [3.63, 3.8) is 0 Å². The summed E-state index contributed by atoms with van der Waals surface area (Å²) in [7, 11) is 0. The van der Waals surface area contributed by atoms with Crippen LogP contribution in [-0.4, -0.2) is 33.6 Å². The van der Waals surface area contributed by atoms with Gasteiger partial charge in [0.25, 0.3) is 0 Å². The third-order valence-corrected chi connectivity index (χ3v) is 3.11. The molecule has 0 aliphatic carbocycles. The maximum absolute atomic E-state index is 12.7. The van der Waals surface area contributed by atoms with Gasteiger partial charge in [-0.3, -0.25) is 9.39 Å². The lowest BCUT2D eigenvalue weighted by Gasteiger charge is -2.15. The smallest absolute Gasteiger partial charge is 0.356 e. The first-order chi connectivity index (χ1) is 10.0. The molecule has 0 saturated carbocycles. The number of rotatable bonds is 2. The second-order valence-corrected chi connectivity index (χ2v) is 4.62. The van der Waals surface area contributed by atoms with Gasteiger partial charge in [-0.15, -0.1) is 34.2 Å². The highest BCUT2D eigenvalue weighted by atomic mass is 127. The Morgan fingerprint density at radius 1 is 1.27 bits per heavy atom. The van der Waals surface area contributed by atoms with Crippen molar-refractivity contribution in [2.24, 2.45) is 4.99 Å². The maximum atomic E-state index is 12.7. The topological polar surface area (TPSA) is 66.6 Å². The van der Waals surface area contributed by atoms with E-state index in [9.17, 15) is 13.2 Å². The predicted molar refractivity (Wildman–Crippen MR) is 85.2 cm³/mol. The summed E-state index contributed by atoms with van der Waals surface area (Å²) in [6.07, 6.45) is -2.42. The molecule has 1 aliphatic heterocycles. The molecule has 0 unspecified atom stereocenters. The number of fused-ring (bicyclic) bond motifs is 1. The number of nitrogens with zero attached hydrogens (tertiary/aromatic N) is 4. The Labute approximate surface area is 141 Å². The lowest BCUT2D eigenvalue weighted by atomic mass is 10.3. The Kier molecular flexibility index (Phi) is 5.08. The largest absolute Gasteiger partial charge is 0.417 e. The number of pyridine rings is 1. The quantitative estimate of drug-likeness (QED) is 0.720. The average molecular weight is 426 g/mol. The first-order valence-corrected chi connectivity index (χ1v) is 6.47. The molecule has 2 N–H and O–H groups in total. The lowest BCUT2D eigenvalue weighted by molar-refractivity contribution is -0.137. The van der Waals surface area contributed by atoms with E-state index in [1.165, 1.54) is 10.5 Å². The molecule has 3 heterocycles. The standard InChI is InChI=1S/C12H13F3N6.HI/c13-12(14,15)8-2-3-9-19-20-10(21(9)7-8)6-18-11-16-4-1-5-17-11;/h2-3,7H,1,4-6H2,(H2,16,17,18);1H. The molecule has 3 rings (SSSR count). The fourth-order valence-electron chi connectivity index (χ4n) is 2.04. The summed E-state index contributed by atoms with van der Waals surface area (Å²) in [5.41, 5.74) is -0.359. The van der Waals surface area contributed by atoms with Gasteiger partial charge in [0.05, 0.1) is 12.1 Å². The minimum atomic E-state index is -4.39. The van der Waals surface area contributed by atoms with Crippen LogP contribution >= 0.6 is 24.0 Å². The molecule has 120 valence electrons. The van der Waals surface area contributed by atoms with Crippen LogP contribution in [0.2, 0.25) is 0 Å². The molecular formula is C12H14F3IN6. The summed E-state index contributed by atoms with van der Waals surface area (Å²) in [6.45, 7) is 1.80. The van der Waals surface area contributed by atoms with Crippen molar-refractivity contribution in [2.45, 2.75) is 19.1 Å². The zero-order valence-corrected chi connectivity index (χ0v) is 13.7. The van der Waals surface area contributed by atoms with Crippen molar-refractivity contribution in [1.82, 2.24) is 25.2 Å². The minimum Gasteiger partial charge on any atom is -0.356 e. The second-order valence-electron chi connectivity index (χ2n) is 4.62. The van der Waals surface area contributed by atoms with Crippen molar-refractivity contribution >= 4 is 35.6 Å². The Bertz CT molecular complexity index is 681. The fourth-order valence-corrected chi connectivity index (χ4v) is 2.04. The molecule has 0 radical (unpaired) electrons. The van der Waals surface area contributed by atoms with Gasteiger partial charge in [0.15, 0.2) is 17.4 Å². The molecule has 0 saturated heterocycles. The van der Waals surface area contributed by atoms with E-state index in [2.05, 4.69) is 25.8 Å². The predicted octanol–water partition coefficient (Wildman–Crippen LogP) is 1.80. The van der Waals surface area contributed by atoms with Gasteiger partial charge in [-0.1, -0.05) is 0 Å². The van der Waals surface area contributed by atoms with Crippen molar-refractivity contribution < 1.29 is 13.2 Å². The van der Waals surface area contributed by atoms with Gasteiger partial charge in [-0.05, 0) is 18.6 Å². The Balaban J connectivity index is 0.00000176. The Morgan fingerprint density at radius 2 is 2.09 bits per heavy atom. The van der Waals surface area contributed by atoms with Gasteiger partial charge in [0, 0.05) is 19.3 Å². The molecule has 0 aromatic carbocycles. The van der Waals surface area contributed by atoms with Crippen LogP contribution in [0.4, 0.5) is 13.2 Å². The van der Waals surface area contributed by atoms with Gasteiger partial charge >= 0.3 is 6.18 Å². The highest BCUT2D eigenvalue weighted by molar-refractivity contribution is 14.0. The average Bonchev–Trinajstić information content (AvgIpc) is 2.87. The second kappa shape index (κ2) is 6.67. The number of aliphatic imine (C=N–C) groups is 1. The minimum absolute atomic E-state index is 0. The molecule has 0 fully saturated rings. The lowest BCUT2D eigenvalue weighted by Crippen LogP contribution is -2.40. The number of hydrogen-bond acceptors (Lipinski definition) is 5. The van der Waals surface area contributed by atoms with E-state index >= 15 is 0 Å². The highest BCUT2D eigenvalue weighted by Crippen LogP contribution is 2.29. The molecule has 6 nitrogen and oxygen atoms in total. The van der Waals surface area contributed by atoms with E-state index < -0.39 is 11.7 Å². The molecule has 2 aromatic rings. The maximum Gasteiger partial charge on any atom is 0.417 e. The van der Waals surface area contributed by atoms with Crippen LogP contribution in [0.1, 0.15) is 17.8 Å². The summed E-state index contributed by atoms with van der Waals surface area (Å²) < 4.78 is 39.5. The number of halogens is 4. The molecular weight excluding hydrogens is 412 g/mol. The summed E-state index contributed by atoms with van der Waals surface area (Å²) in [5.74, 6) is 1.02. The van der Waals surface area contributed by atoms with Gasteiger partial charge in [0.1, 0.15) is 0 Å². The normalized spacial score (nSPS) is 15.0. The van der Waals surface area contributed by atoms with Crippen LogP contribution < -0.4 is 10.6 Å². The first-order valence-electron chi connectivity index (χ1n) is 6.47. The number of aromatic nitrogens is 3. The highest BCUT2D eigenvalue weighted by Gasteiger charge is 2.31. The molecule has 1 aliphatic rings. The van der Waals surface area contributed by atoms with E-state index in [1.807, 2.05) is 0 Å². The number of guanidine groups is 1. The van der Waals surface area contributed by atoms with Gasteiger partial charge in [-0.2, -0.15) is 13.2 Å². The van der Waals surface area contributed by atoms with Crippen molar-refractivity contribution in [2.75, 3.05) is 13.1 Å². The number of alkyl halides is 3. The Morgan fingerprint density at radius 3 is 2.77 bits per heavy atom. The van der Waals surface area contributed by atoms with Crippen LogP contribution in [0.3, 0.4) is 0 Å². The van der Waals surface area contributed by atoms with Gasteiger partial charge < -0.3 is 10.6 Å². The molecule has 22 heavy (non-hydrogen) atoms. The van der Waals surface area contributed by atoms with Crippen LogP contribution in [-0.2, 0) is 12.7 Å². The Hall–Kier alpha value is -1.59. The van der Waals surface area contributed by atoms with E-state index in [-0.39, 0.29) is 30.5 Å². The summed E-state index contributed by atoms with van der Waals surface area (Å²) in [5, 5.41) is 13.8. The third kappa shape index (κ3) is 3.59. The summed E-state index contributed by atoms with van der Waals surface area (Å²) >= 11 is 0. The molecule has 0 atom stereocenters. The van der Waals surface area contributed by atoms with E-state index in [0.717, 1.165) is 31.8 Å². The summed E-state index contributed by atoms with van der Waals surface area (Å²) in [6, 6.07) is 2.30. The molecule has 0 amide bonds. The zero-order chi connectivity index (χ0) is 14.9. The van der Waals surface area contributed by atoms with E-state index in [0.29, 0.717) is 17.4 Å². The van der Waals surface area contributed by atoms with Crippen molar-refractivity contribution in [1.29, 1.82) is 0 Å². The van der Waals surface area contributed by atoms with E-state index in [1.54, 1.807) is 0 Å². The van der Waals surface area contributed by atoms with E-state index in [4.69, 9.17) is 0 Å². The molecule has 10 heteroatoms. The van der Waals surface area contributed by atoms with Crippen LogP contribution in [0.25, 0.3) is 5.65 Å². The van der Waals surface area contributed by atoms with Gasteiger partial charge in [-0.25, -0.2) is 0 Å². The number of hydrogen-bond donors (Lipinski definition) is 2. The molecule has 0 spiro atoms. The van der Waals surface area contributed by atoms with Crippen LogP contribution in [0, 0.1) is 0 Å².